The molecule has 0 fully saturated rings. The summed E-state index contributed by atoms with van der Waals surface area (Å²) in [6.45, 7) is -0.163. The summed E-state index contributed by atoms with van der Waals surface area (Å²) in [5, 5.41) is 22.5. The fourth-order valence-corrected chi connectivity index (χ4v) is 2.31. The molecule has 6 nitrogen and oxygen atoms in total. The first-order chi connectivity index (χ1) is 10.1. The number of hydrogen-bond donors (Lipinski definition) is 2. The van der Waals surface area contributed by atoms with Crippen LogP contribution in [0, 0.1) is 4.91 Å². The number of aliphatic hydroxyl groups excluding tert-OH is 1. The maximum Gasteiger partial charge on any atom is 0.209 e. The van der Waals surface area contributed by atoms with Gasteiger partial charge in [-0.3, -0.25) is 4.40 Å². The third-order valence-electron chi connectivity index (χ3n) is 3.14. The zero-order valence-corrected chi connectivity index (χ0v) is 11.4. The number of fused-ring (bicyclic) bond motifs is 1. The number of aromatic hydroxyl groups is 1. The standard InChI is InChI=1S/C14H10ClN3O3/c15-9-2-3-11(20)10(5-9)13-14(17-21)18-6-8(7-19)1-4-12(18)16-13/h1-6,19-20H,7H2. The number of pyridine rings is 1. The van der Waals surface area contributed by atoms with Crippen LogP contribution < -0.4 is 0 Å². The summed E-state index contributed by atoms with van der Waals surface area (Å²) in [4.78, 5) is 15.5. The normalized spacial score (nSPS) is 11.0. The zero-order valence-electron chi connectivity index (χ0n) is 10.7. The van der Waals surface area contributed by atoms with Crippen molar-refractivity contribution in [3.63, 3.8) is 0 Å². The summed E-state index contributed by atoms with van der Waals surface area (Å²) >= 11 is 5.92. The first kappa shape index (κ1) is 13.5. The van der Waals surface area contributed by atoms with E-state index in [9.17, 15) is 10.0 Å². The molecule has 0 radical (unpaired) electrons. The second kappa shape index (κ2) is 5.16. The third-order valence-corrected chi connectivity index (χ3v) is 3.37. The quantitative estimate of drug-likeness (QED) is 0.727. The van der Waals surface area contributed by atoms with Gasteiger partial charge < -0.3 is 10.2 Å². The minimum atomic E-state index is -0.163. The molecule has 2 aromatic heterocycles. The molecule has 7 heteroatoms. The molecule has 106 valence electrons. The lowest BCUT2D eigenvalue weighted by atomic mass is 10.1. The van der Waals surface area contributed by atoms with Crippen LogP contribution in [0.3, 0.4) is 0 Å². The van der Waals surface area contributed by atoms with Crippen LogP contribution in [0.25, 0.3) is 16.9 Å². The number of rotatable bonds is 3. The third kappa shape index (κ3) is 2.24. The molecular formula is C14H10ClN3O3. The largest absolute Gasteiger partial charge is 0.507 e. The van der Waals surface area contributed by atoms with E-state index < -0.39 is 0 Å². The molecule has 0 saturated heterocycles. The van der Waals surface area contributed by atoms with Gasteiger partial charge in [0.2, 0.25) is 5.82 Å². The van der Waals surface area contributed by atoms with Gasteiger partial charge in [-0.25, -0.2) is 4.98 Å². The fourth-order valence-electron chi connectivity index (χ4n) is 2.14. The number of phenolic OH excluding ortho intramolecular Hbond substituents is 1. The van der Waals surface area contributed by atoms with Crippen molar-refractivity contribution in [2.45, 2.75) is 6.61 Å². The molecular weight excluding hydrogens is 294 g/mol. The van der Waals surface area contributed by atoms with Crippen LogP contribution in [0.5, 0.6) is 5.75 Å². The summed E-state index contributed by atoms with van der Waals surface area (Å²) in [6.07, 6.45) is 1.57. The van der Waals surface area contributed by atoms with E-state index in [2.05, 4.69) is 10.2 Å². The van der Waals surface area contributed by atoms with Gasteiger partial charge in [0.05, 0.1) is 6.61 Å². The molecule has 0 unspecified atom stereocenters. The number of nitroso groups, excluding NO2 is 1. The summed E-state index contributed by atoms with van der Waals surface area (Å²) < 4.78 is 1.47. The number of benzene rings is 1. The van der Waals surface area contributed by atoms with Crippen molar-refractivity contribution in [1.29, 1.82) is 0 Å². The Bertz CT molecular complexity index is 845. The molecule has 1 aromatic carbocycles. The van der Waals surface area contributed by atoms with E-state index in [-0.39, 0.29) is 23.9 Å². The summed E-state index contributed by atoms with van der Waals surface area (Å²) in [6, 6.07) is 7.83. The number of phenols is 1. The Morgan fingerprint density at radius 2 is 2.10 bits per heavy atom. The molecule has 0 aliphatic rings. The summed E-state index contributed by atoms with van der Waals surface area (Å²) in [5.74, 6) is -0.00652. The van der Waals surface area contributed by atoms with Gasteiger partial charge in [0.15, 0.2) is 0 Å². The maximum atomic E-state index is 11.2. The predicted molar refractivity (Wildman–Crippen MR) is 78.7 cm³/mol. The number of nitrogens with zero attached hydrogens (tertiary/aromatic N) is 3. The Morgan fingerprint density at radius 3 is 2.81 bits per heavy atom. The monoisotopic (exact) mass is 303 g/mol. The van der Waals surface area contributed by atoms with Crippen molar-refractivity contribution < 1.29 is 10.2 Å². The van der Waals surface area contributed by atoms with Crippen molar-refractivity contribution in [2.75, 3.05) is 0 Å². The van der Waals surface area contributed by atoms with Crippen LogP contribution in [-0.4, -0.2) is 19.6 Å². The molecule has 0 atom stereocenters. The molecule has 3 rings (SSSR count). The van der Waals surface area contributed by atoms with E-state index >= 15 is 0 Å². The second-order valence-electron chi connectivity index (χ2n) is 4.46. The number of halogens is 1. The van der Waals surface area contributed by atoms with Gasteiger partial charge in [-0.2, -0.15) is 0 Å². The molecule has 0 spiro atoms. The fraction of sp³-hybridized carbons (Fsp3) is 0.0714. The van der Waals surface area contributed by atoms with Crippen molar-refractivity contribution in [2.24, 2.45) is 5.18 Å². The smallest absolute Gasteiger partial charge is 0.209 e. The maximum absolute atomic E-state index is 11.2. The highest BCUT2D eigenvalue weighted by atomic mass is 35.5. The van der Waals surface area contributed by atoms with Gasteiger partial charge in [0, 0.05) is 16.8 Å². The number of imidazole rings is 1. The lowest BCUT2D eigenvalue weighted by Crippen LogP contribution is -1.89. The Balaban J connectivity index is 2.32. The minimum Gasteiger partial charge on any atom is -0.507 e. The van der Waals surface area contributed by atoms with Gasteiger partial charge in [0.1, 0.15) is 17.1 Å². The predicted octanol–water partition coefficient (Wildman–Crippen LogP) is 3.25. The van der Waals surface area contributed by atoms with Crippen LogP contribution in [0.4, 0.5) is 5.82 Å². The Morgan fingerprint density at radius 1 is 1.29 bits per heavy atom. The highest BCUT2D eigenvalue weighted by Crippen LogP contribution is 2.37. The SMILES string of the molecule is O=Nc1c(-c2cc(Cl)ccc2O)nc2ccc(CO)cn12. The highest BCUT2D eigenvalue weighted by Gasteiger charge is 2.18. The molecule has 0 bridgehead atoms. The van der Waals surface area contributed by atoms with Crippen LogP contribution in [0.2, 0.25) is 5.02 Å². The first-order valence-electron chi connectivity index (χ1n) is 6.08. The van der Waals surface area contributed by atoms with E-state index in [1.165, 1.54) is 22.6 Å². The first-order valence-corrected chi connectivity index (χ1v) is 6.46. The van der Waals surface area contributed by atoms with E-state index in [0.29, 0.717) is 21.8 Å². The summed E-state index contributed by atoms with van der Waals surface area (Å²) in [5.41, 5.74) is 1.66. The lowest BCUT2D eigenvalue weighted by Gasteiger charge is -2.02. The minimum absolute atomic E-state index is 0.0397. The Hall–Kier alpha value is -2.44. The van der Waals surface area contributed by atoms with Crippen molar-refractivity contribution >= 4 is 23.1 Å². The van der Waals surface area contributed by atoms with Crippen LogP contribution in [0.1, 0.15) is 5.56 Å². The molecule has 3 aromatic rings. The molecule has 0 saturated carbocycles. The van der Waals surface area contributed by atoms with E-state index in [0.717, 1.165) is 0 Å². The average Bonchev–Trinajstić information content (AvgIpc) is 2.86. The number of aromatic nitrogens is 2. The van der Waals surface area contributed by atoms with E-state index in [1.807, 2.05) is 0 Å². The topological polar surface area (TPSA) is 87.2 Å². The van der Waals surface area contributed by atoms with Crippen LogP contribution in [0.15, 0.2) is 41.7 Å². The summed E-state index contributed by atoms with van der Waals surface area (Å²) in [7, 11) is 0. The van der Waals surface area contributed by atoms with Gasteiger partial charge in [-0.15, -0.1) is 4.91 Å². The van der Waals surface area contributed by atoms with Gasteiger partial charge in [-0.05, 0) is 35.0 Å². The molecule has 2 heterocycles. The highest BCUT2D eigenvalue weighted by molar-refractivity contribution is 6.31. The molecule has 2 N–H and O–H groups in total. The second-order valence-corrected chi connectivity index (χ2v) is 4.90. The molecule has 0 aliphatic heterocycles. The van der Waals surface area contributed by atoms with Crippen LogP contribution >= 0.6 is 11.6 Å². The Kier molecular flexibility index (Phi) is 3.32. The van der Waals surface area contributed by atoms with Crippen molar-refractivity contribution in [3.05, 3.63) is 52.0 Å². The van der Waals surface area contributed by atoms with Gasteiger partial charge in [0.25, 0.3) is 0 Å². The molecule has 0 amide bonds. The van der Waals surface area contributed by atoms with E-state index in [1.54, 1.807) is 18.3 Å². The van der Waals surface area contributed by atoms with Crippen molar-refractivity contribution in [1.82, 2.24) is 9.38 Å². The molecule has 0 aliphatic carbocycles. The Labute approximate surface area is 124 Å². The number of hydrogen-bond acceptors (Lipinski definition) is 5. The molecule has 21 heavy (non-hydrogen) atoms. The van der Waals surface area contributed by atoms with Gasteiger partial charge in [-0.1, -0.05) is 17.7 Å². The van der Waals surface area contributed by atoms with Gasteiger partial charge >= 0.3 is 0 Å². The average molecular weight is 304 g/mol. The van der Waals surface area contributed by atoms with E-state index in [4.69, 9.17) is 16.7 Å². The van der Waals surface area contributed by atoms with Crippen LogP contribution in [-0.2, 0) is 6.61 Å². The van der Waals surface area contributed by atoms with Crippen molar-refractivity contribution in [3.8, 4) is 17.0 Å². The number of aliphatic hydroxyl groups is 1. The zero-order chi connectivity index (χ0) is 15.0. The lowest BCUT2D eigenvalue weighted by molar-refractivity contribution is 0.281.